The van der Waals surface area contributed by atoms with Crippen molar-refractivity contribution in [1.29, 1.82) is 0 Å². The number of hydrogen-bond donors (Lipinski definition) is 2. The highest BCUT2D eigenvalue weighted by molar-refractivity contribution is 7.15. The van der Waals surface area contributed by atoms with Gasteiger partial charge in [-0.05, 0) is 19.9 Å². The largest absolute Gasteiger partial charge is 0.349 e. The van der Waals surface area contributed by atoms with Gasteiger partial charge >= 0.3 is 0 Å². The summed E-state index contributed by atoms with van der Waals surface area (Å²) in [4.78, 5) is 7.99. The molecule has 0 aliphatic rings. The Kier molecular flexibility index (Phi) is 4.72. The Hall–Kier alpha value is -1.40. The molecule has 0 radical (unpaired) electrons. The van der Waals surface area contributed by atoms with Crippen LogP contribution in [0.3, 0.4) is 0 Å². The van der Waals surface area contributed by atoms with E-state index >= 15 is 0 Å². The Balaban J connectivity index is 1.83. The Labute approximate surface area is 111 Å². The van der Waals surface area contributed by atoms with Crippen molar-refractivity contribution in [3.05, 3.63) is 29.0 Å². The number of nitrogens with one attached hydrogen (secondary N) is 2. The predicted molar refractivity (Wildman–Crippen MR) is 74.8 cm³/mol. The number of anilines is 1. The monoisotopic (exact) mass is 265 g/mol. The van der Waals surface area contributed by atoms with Crippen LogP contribution in [0.25, 0.3) is 0 Å². The molecule has 0 bridgehead atoms. The molecular weight excluding hydrogens is 246 g/mol. The van der Waals surface area contributed by atoms with Crippen LogP contribution >= 0.6 is 11.3 Å². The lowest BCUT2D eigenvalue weighted by molar-refractivity contribution is 0.683. The fourth-order valence-corrected chi connectivity index (χ4v) is 2.73. The van der Waals surface area contributed by atoms with Gasteiger partial charge in [0.1, 0.15) is 0 Å². The van der Waals surface area contributed by atoms with Gasteiger partial charge in [0.15, 0.2) is 5.13 Å². The minimum Gasteiger partial charge on any atom is -0.349 e. The molecule has 2 aromatic heterocycles. The molecule has 2 heterocycles. The lowest BCUT2D eigenvalue weighted by Gasteiger charge is -2.16. The summed E-state index contributed by atoms with van der Waals surface area (Å²) in [6.07, 6.45) is 3.72. The van der Waals surface area contributed by atoms with Crippen LogP contribution in [0, 0.1) is 0 Å². The van der Waals surface area contributed by atoms with E-state index in [1.165, 1.54) is 4.88 Å². The Morgan fingerprint density at radius 1 is 1.33 bits per heavy atom. The summed E-state index contributed by atoms with van der Waals surface area (Å²) in [5.74, 6) is 0. The summed E-state index contributed by atoms with van der Waals surface area (Å²) in [7, 11) is 0. The Morgan fingerprint density at radius 2 is 2.17 bits per heavy atom. The zero-order valence-corrected chi connectivity index (χ0v) is 11.6. The lowest BCUT2D eigenvalue weighted by Crippen LogP contribution is -2.21. The second-order valence-electron chi connectivity index (χ2n) is 3.97. The van der Waals surface area contributed by atoms with Crippen LogP contribution < -0.4 is 10.2 Å². The molecule has 0 saturated heterocycles. The van der Waals surface area contributed by atoms with Gasteiger partial charge in [0.05, 0.1) is 0 Å². The maximum Gasteiger partial charge on any atom is 0.185 e. The summed E-state index contributed by atoms with van der Waals surface area (Å²) < 4.78 is 0. The van der Waals surface area contributed by atoms with E-state index in [0.717, 1.165) is 37.0 Å². The molecule has 0 unspecified atom stereocenters. The quantitative estimate of drug-likeness (QED) is 0.804. The average Bonchev–Trinajstić information content (AvgIpc) is 3.03. The third-order valence-electron chi connectivity index (χ3n) is 2.75. The molecule has 2 rings (SSSR count). The molecule has 0 aromatic carbocycles. The maximum atomic E-state index is 4.46. The standard InChI is InChI=1S/C12H19N5S/c1-3-17(4-2)12-14-9-11(18-12)8-13-7-10-5-6-15-16-10/h5-6,9,13H,3-4,7-8H2,1-2H3,(H,15,16). The second kappa shape index (κ2) is 6.51. The first kappa shape index (κ1) is 13.0. The third-order valence-corrected chi connectivity index (χ3v) is 3.81. The van der Waals surface area contributed by atoms with Gasteiger partial charge < -0.3 is 10.2 Å². The molecule has 6 heteroatoms. The van der Waals surface area contributed by atoms with Gasteiger partial charge in [-0.2, -0.15) is 5.10 Å². The molecular formula is C12H19N5S. The molecule has 2 N–H and O–H groups in total. The predicted octanol–water partition coefficient (Wildman–Crippen LogP) is 2.00. The number of thiazole rings is 1. The zero-order valence-electron chi connectivity index (χ0n) is 10.8. The third kappa shape index (κ3) is 3.30. The highest BCUT2D eigenvalue weighted by Crippen LogP contribution is 2.21. The van der Waals surface area contributed by atoms with Gasteiger partial charge in [-0.25, -0.2) is 4.98 Å². The molecule has 0 atom stereocenters. The summed E-state index contributed by atoms with van der Waals surface area (Å²) in [6.45, 7) is 7.97. The van der Waals surface area contributed by atoms with Gasteiger partial charge in [0.2, 0.25) is 0 Å². The van der Waals surface area contributed by atoms with E-state index in [4.69, 9.17) is 0 Å². The Bertz CT molecular complexity index is 447. The van der Waals surface area contributed by atoms with Crippen LogP contribution in [0.2, 0.25) is 0 Å². The van der Waals surface area contributed by atoms with E-state index in [2.05, 4.69) is 39.2 Å². The normalized spacial score (nSPS) is 10.8. The van der Waals surface area contributed by atoms with E-state index in [-0.39, 0.29) is 0 Å². The minimum absolute atomic E-state index is 0.804. The van der Waals surface area contributed by atoms with E-state index < -0.39 is 0 Å². The molecule has 18 heavy (non-hydrogen) atoms. The molecule has 0 fully saturated rings. The van der Waals surface area contributed by atoms with Crippen LogP contribution in [0.4, 0.5) is 5.13 Å². The molecule has 0 aliphatic heterocycles. The summed E-state index contributed by atoms with van der Waals surface area (Å²) in [5.41, 5.74) is 1.10. The van der Waals surface area contributed by atoms with Crippen molar-refractivity contribution in [2.45, 2.75) is 26.9 Å². The van der Waals surface area contributed by atoms with Crippen LogP contribution in [-0.2, 0) is 13.1 Å². The number of hydrogen-bond acceptors (Lipinski definition) is 5. The lowest BCUT2D eigenvalue weighted by atomic mass is 10.4. The number of aromatic amines is 1. The minimum atomic E-state index is 0.804. The highest BCUT2D eigenvalue weighted by Gasteiger charge is 2.07. The molecule has 0 saturated carbocycles. The van der Waals surface area contributed by atoms with Crippen molar-refractivity contribution < 1.29 is 0 Å². The molecule has 2 aromatic rings. The highest BCUT2D eigenvalue weighted by atomic mass is 32.1. The first-order valence-corrected chi connectivity index (χ1v) is 7.03. The van der Waals surface area contributed by atoms with Crippen molar-refractivity contribution >= 4 is 16.5 Å². The van der Waals surface area contributed by atoms with Gasteiger partial charge in [-0.1, -0.05) is 0 Å². The van der Waals surface area contributed by atoms with Crippen LogP contribution in [0.15, 0.2) is 18.5 Å². The van der Waals surface area contributed by atoms with E-state index in [1.54, 1.807) is 17.5 Å². The number of H-pyrrole nitrogens is 1. The van der Waals surface area contributed by atoms with Crippen molar-refractivity contribution in [3.63, 3.8) is 0 Å². The Morgan fingerprint density at radius 3 is 2.83 bits per heavy atom. The topological polar surface area (TPSA) is 56.8 Å². The second-order valence-corrected chi connectivity index (χ2v) is 5.06. The number of nitrogens with zero attached hydrogens (tertiary/aromatic N) is 3. The molecule has 0 aliphatic carbocycles. The fraction of sp³-hybridized carbons (Fsp3) is 0.500. The molecule has 98 valence electrons. The molecule has 0 spiro atoms. The molecule has 5 nitrogen and oxygen atoms in total. The van der Waals surface area contributed by atoms with Crippen LogP contribution in [0.5, 0.6) is 0 Å². The average molecular weight is 265 g/mol. The summed E-state index contributed by atoms with van der Waals surface area (Å²) in [5, 5.41) is 11.3. The van der Waals surface area contributed by atoms with Gasteiger partial charge in [-0.3, -0.25) is 5.10 Å². The summed E-state index contributed by atoms with van der Waals surface area (Å²) >= 11 is 1.75. The van der Waals surface area contributed by atoms with Gasteiger partial charge in [-0.15, -0.1) is 11.3 Å². The van der Waals surface area contributed by atoms with Gasteiger partial charge in [0.25, 0.3) is 0 Å². The maximum absolute atomic E-state index is 4.46. The molecule has 0 amide bonds. The van der Waals surface area contributed by atoms with Crippen LogP contribution in [-0.4, -0.2) is 28.3 Å². The van der Waals surface area contributed by atoms with E-state index in [1.807, 2.05) is 12.3 Å². The number of aromatic nitrogens is 3. The first-order valence-electron chi connectivity index (χ1n) is 6.22. The first-order chi connectivity index (χ1) is 8.83. The SMILES string of the molecule is CCN(CC)c1ncc(CNCc2ccn[nH]2)s1. The van der Waals surface area contributed by atoms with Gasteiger partial charge in [0, 0.05) is 49.1 Å². The van der Waals surface area contributed by atoms with Crippen LogP contribution in [0.1, 0.15) is 24.4 Å². The fourth-order valence-electron chi connectivity index (χ4n) is 1.72. The van der Waals surface area contributed by atoms with Crippen molar-refractivity contribution in [1.82, 2.24) is 20.5 Å². The van der Waals surface area contributed by atoms with E-state index in [9.17, 15) is 0 Å². The van der Waals surface area contributed by atoms with Crippen molar-refractivity contribution in [2.75, 3.05) is 18.0 Å². The summed E-state index contributed by atoms with van der Waals surface area (Å²) in [6, 6.07) is 1.97. The zero-order chi connectivity index (χ0) is 12.8. The van der Waals surface area contributed by atoms with Crippen molar-refractivity contribution in [2.24, 2.45) is 0 Å². The number of rotatable bonds is 7. The van der Waals surface area contributed by atoms with E-state index in [0.29, 0.717) is 0 Å². The smallest absolute Gasteiger partial charge is 0.185 e. The van der Waals surface area contributed by atoms with Crippen molar-refractivity contribution in [3.8, 4) is 0 Å².